The number of hydrogen-bond donors (Lipinski definition) is 0. The minimum Gasteiger partial charge on any atom is -0.457 e. The summed E-state index contributed by atoms with van der Waals surface area (Å²) in [6.45, 7) is 7.38. The minimum atomic E-state index is -0.684. The number of rotatable bonds is 6. The van der Waals surface area contributed by atoms with Crippen molar-refractivity contribution in [3.05, 3.63) is 228 Å². The quantitative estimate of drug-likeness (QED) is 0.161. The zero-order valence-electron chi connectivity index (χ0n) is 30.2. The average Bonchev–Trinajstić information content (AvgIpc) is 3.28. The van der Waals surface area contributed by atoms with E-state index in [1.807, 2.05) is 72.8 Å². The van der Waals surface area contributed by atoms with E-state index in [-0.39, 0.29) is 0 Å². The van der Waals surface area contributed by atoms with E-state index in [1.54, 1.807) is 0 Å². The number of ether oxygens (including phenoxy) is 1. The van der Waals surface area contributed by atoms with Crippen LogP contribution in [0.1, 0.15) is 22.3 Å². The van der Waals surface area contributed by atoms with Gasteiger partial charge in [0.05, 0.1) is 12.0 Å². The zero-order chi connectivity index (χ0) is 37.5. The van der Waals surface area contributed by atoms with Crippen molar-refractivity contribution in [2.24, 2.45) is 0 Å². The van der Waals surface area contributed by atoms with Gasteiger partial charge in [0.15, 0.2) is 23.2 Å². The van der Waals surface area contributed by atoms with E-state index in [1.165, 1.54) is 0 Å². The molecule has 0 radical (unpaired) electrons. The largest absolute Gasteiger partial charge is 0.457 e. The summed E-state index contributed by atoms with van der Waals surface area (Å²) in [6, 6.07) is 66.5. The molecule has 0 spiro atoms. The van der Waals surface area contributed by atoms with E-state index in [0.29, 0.717) is 23.2 Å². The fourth-order valence-electron chi connectivity index (χ4n) is 8.00. The van der Waals surface area contributed by atoms with Crippen LogP contribution in [0.4, 0.5) is 5.69 Å². The number of fused-ring (bicyclic) bond motifs is 3. The van der Waals surface area contributed by atoms with Gasteiger partial charge in [0.2, 0.25) is 0 Å². The molecule has 0 saturated carbocycles. The molecule has 0 unspecified atom stereocenters. The van der Waals surface area contributed by atoms with Gasteiger partial charge in [-0.25, -0.2) is 19.8 Å². The smallest absolute Gasteiger partial charge is 0.187 e. The first kappa shape index (κ1) is 32.9. The van der Waals surface area contributed by atoms with Crippen molar-refractivity contribution in [2.75, 3.05) is 0 Å². The van der Waals surface area contributed by atoms with E-state index in [9.17, 15) is 0 Å². The van der Waals surface area contributed by atoms with Gasteiger partial charge in [-0.1, -0.05) is 158 Å². The van der Waals surface area contributed by atoms with E-state index < -0.39 is 5.41 Å². The van der Waals surface area contributed by atoms with Crippen molar-refractivity contribution in [3.63, 3.8) is 0 Å². The molecule has 1 aliphatic heterocycles. The van der Waals surface area contributed by atoms with Crippen molar-refractivity contribution >= 4 is 16.5 Å². The number of para-hydroxylation sites is 1. The molecular formula is C51H32N4O. The van der Waals surface area contributed by atoms with Crippen LogP contribution in [0.3, 0.4) is 0 Å². The topological polar surface area (TPSA) is 52.3 Å². The van der Waals surface area contributed by atoms with Crippen molar-refractivity contribution in [1.29, 1.82) is 0 Å². The highest BCUT2D eigenvalue weighted by Gasteiger charge is 2.45. The fourth-order valence-corrected chi connectivity index (χ4v) is 8.00. The number of hydrogen-bond acceptors (Lipinski definition) is 4. The number of benzene rings is 8. The third-order valence-electron chi connectivity index (χ3n) is 10.7. The molecule has 0 amide bonds. The summed E-state index contributed by atoms with van der Waals surface area (Å²) >= 11 is 0. The van der Waals surface area contributed by atoms with Crippen LogP contribution in [0.25, 0.3) is 60.9 Å². The van der Waals surface area contributed by atoms with Gasteiger partial charge >= 0.3 is 0 Å². The molecule has 0 saturated heterocycles. The first-order valence-corrected chi connectivity index (χ1v) is 18.5. The fraction of sp³-hybridized carbons (Fsp3) is 0.0196. The SMILES string of the molecule is [C-]#[N+]c1ccc(-c2cccc(-c3nc(-c4ccc5c(c4)C(c4ccccc4)(c4ccccc4)c4ccccc4O5)nc(-c4ccc5ccccc5c4)n3)c2)cc1. The van der Waals surface area contributed by atoms with Gasteiger partial charge in [-0.15, -0.1) is 0 Å². The number of aromatic nitrogens is 3. The first-order chi connectivity index (χ1) is 27.7. The third kappa shape index (κ3) is 5.60. The first-order valence-electron chi connectivity index (χ1n) is 18.5. The van der Waals surface area contributed by atoms with Gasteiger partial charge in [-0.3, -0.25) is 0 Å². The van der Waals surface area contributed by atoms with Gasteiger partial charge < -0.3 is 4.74 Å². The van der Waals surface area contributed by atoms with Gasteiger partial charge in [0.1, 0.15) is 11.5 Å². The molecular weight excluding hydrogens is 685 g/mol. The predicted molar refractivity (Wildman–Crippen MR) is 224 cm³/mol. The summed E-state index contributed by atoms with van der Waals surface area (Å²) in [5.74, 6) is 3.31. The molecule has 1 aromatic heterocycles. The van der Waals surface area contributed by atoms with E-state index >= 15 is 0 Å². The summed E-state index contributed by atoms with van der Waals surface area (Å²) in [7, 11) is 0. The van der Waals surface area contributed by atoms with Crippen LogP contribution >= 0.6 is 0 Å². The molecule has 10 rings (SSSR count). The zero-order valence-corrected chi connectivity index (χ0v) is 30.2. The molecule has 2 heterocycles. The lowest BCUT2D eigenvalue weighted by Crippen LogP contribution is -2.34. The second kappa shape index (κ2) is 13.6. The summed E-state index contributed by atoms with van der Waals surface area (Å²) in [4.78, 5) is 19.1. The molecule has 9 aromatic rings. The maximum absolute atomic E-state index is 7.38. The Morgan fingerprint density at radius 3 is 1.62 bits per heavy atom. The Balaban J connectivity index is 1.20. The van der Waals surface area contributed by atoms with Gasteiger partial charge in [0.25, 0.3) is 0 Å². The highest BCUT2D eigenvalue weighted by atomic mass is 16.5. The second-order valence-corrected chi connectivity index (χ2v) is 13.9. The second-order valence-electron chi connectivity index (χ2n) is 13.9. The third-order valence-corrected chi connectivity index (χ3v) is 10.7. The maximum Gasteiger partial charge on any atom is 0.187 e. The summed E-state index contributed by atoms with van der Waals surface area (Å²) in [5.41, 5.74) is 8.89. The Bertz CT molecular complexity index is 2910. The molecule has 0 N–H and O–H groups in total. The lowest BCUT2D eigenvalue weighted by molar-refractivity contribution is 0.434. The molecule has 0 aliphatic carbocycles. The van der Waals surface area contributed by atoms with Crippen LogP contribution < -0.4 is 4.74 Å². The van der Waals surface area contributed by atoms with Gasteiger partial charge in [-0.05, 0) is 69.4 Å². The van der Waals surface area contributed by atoms with Gasteiger partial charge in [-0.2, -0.15) is 0 Å². The Morgan fingerprint density at radius 1 is 0.393 bits per heavy atom. The van der Waals surface area contributed by atoms with Crippen LogP contribution in [0.15, 0.2) is 194 Å². The standard InChI is InChI=1S/C51H32N4O/c1-52-43-28-25-35(26-29-43)37-15-12-16-38(31-37)48-53-49(39-24-23-34-13-8-9-14-36(34)32-39)55-50(54-48)40-27-30-47-45(33-40)51(41-17-4-2-5-18-41,42-19-6-3-7-20-42)44-21-10-11-22-46(44)56-47/h2-33H. The lowest BCUT2D eigenvalue weighted by Gasteiger charge is -2.41. The molecule has 56 heavy (non-hydrogen) atoms. The molecule has 8 aromatic carbocycles. The van der Waals surface area contributed by atoms with Crippen molar-refractivity contribution in [2.45, 2.75) is 5.41 Å². The highest BCUT2D eigenvalue weighted by molar-refractivity contribution is 5.87. The molecule has 1 aliphatic rings. The lowest BCUT2D eigenvalue weighted by atomic mass is 9.63. The molecule has 0 fully saturated rings. The van der Waals surface area contributed by atoms with E-state index in [4.69, 9.17) is 26.3 Å². The number of nitrogens with zero attached hydrogens (tertiary/aromatic N) is 4. The Labute approximate surface area is 325 Å². The van der Waals surface area contributed by atoms with Crippen LogP contribution in [0.2, 0.25) is 0 Å². The van der Waals surface area contributed by atoms with E-state index in [2.05, 4.69) is 126 Å². The highest BCUT2D eigenvalue weighted by Crippen LogP contribution is 2.55. The van der Waals surface area contributed by atoms with Gasteiger partial charge in [0, 0.05) is 27.8 Å². The predicted octanol–water partition coefficient (Wildman–Crippen LogP) is 12.7. The summed E-state index contributed by atoms with van der Waals surface area (Å²) in [5, 5.41) is 2.26. The van der Waals surface area contributed by atoms with Crippen LogP contribution in [-0.2, 0) is 5.41 Å². The molecule has 0 bridgehead atoms. The monoisotopic (exact) mass is 716 g/mol. The summed E-state index contributed by atoms with van der Waals surface area (Å²) < 4.78 is 6.69. The van der Waals surface area contributed by atoms with Crippen molar-refractivity contribution < 1.29 is 4.74 Å². The molecule has 262 valence electrons. The minimum absolute atomic E-state index is 0.557. The van der Waals surface area contributed by atoms with Crippen molar-refractivity contribution in [3.8, 4) is 56.8 Å². The molecule has 5 nitrogen and oxygen atoms in total. The van der Waals surface area contributed by atoms with Crippen LogP contribution in [0.5, 0.6) is 11.5 Å². The van der Waals surface area contributed by atoms with E-state index in [0.717, 1.165) is 72.3 Å². The Morgan fingerprint density at radius 2 is 0.929 bits per heavy atom. The Kier molecular flexibility index (Phi) is 8.01. The van der Waals surface area contributed by atoms with Crippen LogP contribution in [0, 0.1) is 6.57 Å². The normalized spacial score (nSPS) is 12.6. The summed E-state index contributed by atoms with van der Waals surface area (Å²) in [6.07, 6.45) is 0. The molecule has 0 atom stereocenters. The maximum atomic E-state index is 7.38. The van der Waals surface area contributed by atoms with Crippen LogP contribution in [-0.4, -0.2) is 15.0 Å². The van der Waals surface area contributed by atoms with Crippen molar-refractivity contribution in [1.82, 2.24) is 15.0 Å². The molecule has 5 heteroatoms. The Hall–Kier alpha value is -7.68. The average molecular weight is 717 g/mol.